The maximum Gasteiger partial charge on any atom is 0.00952 e. The van der Waals surface area contributed by atoms with Crippen LogP contribution >= 0.6 is 0 Å². The molecule has 4 rings (SSSR count). The van der Waals surface area contributed by atoms with Gasteiger partial charge in [-0.1, -0.05) is 55.0 Å². The Morgan fingerprint density at radius 3 is 1.96 bits per heavy atom. The molecule has 1 saturated heterocycles. The van der Waals surface area contributed by atoms with Gasteiger partial charge in [-0.3, -0.25) is 0 Å². The number of rotatable bonds is 4. The van der Waals surface area contributed by atoms with E-state index in [4.69, 9.17) is 0 Å². The summed E-state index contributed by atoms with van der Waals surface area (Å²) < 4.78 is 0. The smallest absolute Gasteiger partial charge is 0.00952 e. The Morgan fingerprint density at radius 1 is 0.750 bits per heavy atom. The molecule has 0 atom stereocenters. The lowest BCUT2D eigenvalue weighted by molar-refractivity contribution is 0.224. The zero-order valence-corrected chi connectivity index (χ0v) is 14.7. The summed E-state index contributed by atoms with van der Waals surface area (Å²) in [5.74, 6) is 0.588. The molecule has 0 amide bonds. The van der Waals surface area contributed by atoms with Gasteiger partial charge in [0.25, 0.3) is 0 Å². The van der Waals surface area contributed by atoms with Gasteiger partial charge in [0.1, 0.15) is 0 Å². The van der Waals surface area contributed by atoms with Crippen molar-refractivity contribution in [1.29, 1.82) is 0 Å². The first kappa shape index (κ1) is 15.9. The molecule has 0 saturated carbocycles. The lowest BCUT2D eigenvalue weighted by Gasteiger charge is -2.27. The summed E-state index contributed by atoms with van der Waals surface area (Å²) in [6.45, 7) is 3.91. The van der Waals surface area contributed by atoms with E-state index in [0.29, 0.717) is 5.92 Å². The van der Waals surface area contributed by atoms with Crippen LogP contribution in [0.1, 0.15) is 60.3 Å². The topological polar surface area (TPSA) is 3.24 Å². The summed E-state index contributed by atoms with van der Waals surface area (Å²) in [6.07, 6.45) is 9.20. The number of likely N-dealkylation sites (tertiary alicyclic amines) is 1. The van der Waals surface area contributed by atoms with Gasteiger partial charge in [-0.25, -0.2) is 0 Å². The molecule has 1 aliphatic carbocycles. The third-order valence-corrected chi connectivity index (χ3v) is 5.94. The number of benzene rings is 2. The first-order valence-electron chi connectivity index (χ1n) is 9.80. The predicted molar refractivity (Wildman–Crippen MR) is 102 cm³/mol. The first-order chi connectivity index (χ1) is 11.9. The Hall–Kier alpha value is -1.60. The molecule has 0 radical (unpaired) electrons. The molecule has 1 aliphatic heterocycles. The molecule has 0 N–H and O–H groups in total. The molecule has 2 aromatic rings. The molecule has 2 aliphatic rings. The lowest BCUT2D eigenvalue weighted by atomic mass is 9.85. The number of nitrogens with zero attached hydrogens (tertiary/aromatic N) is 1. The first-order valence-corrected chi connectivity index (χ1v) is 9.80. The molecule has 1 fully saturated rings. The molecule has 1 heteroatoms. The normalized spacial score (nSPS) is 18.7. The molecule has 24 heavy (non-hydrogen) atoms. The van der Waals surface area contributed by atoms with Crippen LogP contribution in [0.4, 0.5) is 0 Å². The fraction of sp³-hybridized carbons (Fsp3) is 0.478. The Kier molecular flexibility index (Phi) is 4.99. The maximum atomic E-state index is 2.68. The molecular formula is C23H29N. The molecule has 1 nitrogen and oxygen atoms in total. The standard InChI is InChI=1S/C23H29N/c1-6-16-24(17-7-1)18-8-13-23-21-11-4-2-9-19(21)14-15-20-10-3-5-12-22(20)23/h2-5,9-12,23H,1,6-8,13-18H2. The van der Waals surface area contributed by atoms with Crippen LogP contribution in [0.2, 0.25) is 0 Å². The summed E-state index contributed by atoms with van der Waals surface area (Å²) in [7, 11) is 0. The van der Waals surface area contributed by atoms with E-state index in [0.717, 1.165) is 0 Å². The van der Waals surface area contributed by atoms with Crippen LogP contribution in [0.5, 0.6) is 0 Å². The van der Waals surface area contributed by atoms with E-state index in [1.54, 1.807) is 22.3 Å². The van der Waals surface area contributed by atoms with Gasteiger partial charge in [-0.15, -0.1) is 0 Å². The van der Waals surface area contributed by atoms with E-state index in [1.807, 2.05) is 0 Å². The molecule has 2 aromatic carbocycles. The average molecular weight is 319 g/mol. The van der Waals surface area contributed by atoms with Crippen LogP contribution in [0.3, 0.4) is 0 Å². The van der Waals surface area contributed by atoms with Gasteiger partial charge in [0, 0.05) is 5.92 Å². The number of hydrogen-bond acceptors (Lipinski definition) is 1. The monoisotopic (exact) mass is 319 g/mol. The molecule has 0 aromatic heterocycles. The number of piperidine rings is 1. The van der Waals surface area contributed by atoms with Crippen molar-refractivity contribution in [2.45, 2.75) is 50.9 Å². The molecule has 126 valence electrons. The second-order valence-electron chi connectivity index (χ2n) is 7.49. The fourth-order valence-corrected chi connectivity index (χ4v) is 4.65. The molecule has 0 bridgehead atoms. The summed E-state index contributed by atoms with van der Waals surface area (Å²) in [4.78, 5) is 2.68. The largest absolute Gasteiger partial charge is 0.303 e. The van der Waals surface area contributed by atoms with E-state index < -0.39 is 0 Å². The second kappa shape index (κ2) is 7.53. The lowest BCUT2D eigenvalue weighted by Crippen LogP contribution is -2.30. The maximum absolute atomic E-state index is 2.68. The molecular weight excluding hydrogens is 290 g/mol. The van der Waals surface area contributed by atoms with E-state index >= 15 is 0 Å². The highest BCUT2D eigenvalue weighted by Crippen LogP contribution is 2.37. The fourth-order valence-electron chi connectivity index (χ4n) is 4.65. The molecule has 1 heterocycles. The zero-order chi connectivity index (χ0) is 16.2. The van der Waals surface area contributed by atoms with Crippen molar-refractivity contribution >= 4 is 0 Å². The Balaban J connectivity index is 1.54. The number of aryl methyl sites for hydroxylation is 2. The highest BCUT2D eigenvalue weighted by atomic mass is 15.1. The summed E-state index contributed by atoms with van der Waals surface area (Å²) in [5, 5.41) is 0. The van der Waals surface area contributed by atoms with Crippen molar-refractivity contribution < 1.29 is 0 Å². The van der Waals surface area contributed by atoms with E-state index in [1.165, 1.54) is 64.6 Å². The molecule has 0 unspecified atom stereocenters. The molecule has 0 spiro atoms. The van der Waals surface area contributed by atoms with E-state index in [2.05, 4.69) is 53.4 Å². The van der Waals surface area contributed by atoms with Gasteiger partial charge in [-0.2, -0.15) is 0 Å². The average Bonchev–Trinajstić information content (AvgIpc) is 2.80. The third-order valence-electron chi connectivity index (χ3n) is 5.94. The van der Waals surface area contributed by atoms with Gasteiger partial charge in [0.15, 0.2) is 0 Å². The van der Waals surface area contributed by atoms with Gasteiger partial charge < -0.3 is 4.90 Å². The van der Waals surface area contributed by atoms with Crippen molar-refractivity contribution in [2.24, 2.45) is 0 Å². The van der Waals surface area contributed by atoms with Crippen molar-refractivity contribution in [3.8, 4) is 0 Å². The highest BCUT2D eigenvalue weighted by molar-refractivity contribution is 5.44. The van der Waals surface area contributed by atoms with Crippen LogP contribution in [0, 0.1) is 0 Å². The van der Waals surface area contributed by atoms with Crippen LogP contribution in [0.15, 0.2) is 48.5 Å². The van der Waals surface area contributed by atoms with Gasteiger partial charge in [-0.05, 0) is 80.4 Å². The van der Waals surface area contributed by atoms with E-state index in [-0.39, 0.29) is 0 Å². The van der Waals surface area contributed by atoms with Crippen LogP contribution < -0.4 is 0 Å². The minimum Gasteiger partial charge on any atom is -0.303 e. The Bertz CT molecular complexity index is 622. The van der Waals surface area contributed by atoms with Crippen molar-refractivity contribution in [1.82, 2.24) is 4.90 Å². The van der Waals surface area contributed by atoms with E-state index in [9.17, 15) is 0 Å². The van der Waals surface area contributed by atoms with Crippen molar-refractivity contribution in [2.75, 3.05) is 19.6 Å². The van der Waals surface area contributed by atoms with Crippen molar-refractivity contribution in [3.05, 3.63) is 70.8 Å². The van der Waals surface area contributed by atoms with Gasteiger partial charge in [0.2, 0.25) is 0 Å². The second-order valence-corrected chi connectivity index (χ2v) is 7.49. The summed E-state index contributed by atoms with van der Waals surface area (Å²) in [5.41, 5.74) is 6.30. The number of hydrogen-bond donors (Lipinski definition) is 0. The Morgan fingerprint density at radius 2 is 1.33 bits per heavy atom. The zero-order valence-electron chi connectivity index (χ0n) is 14.7. The van der Waals surface area contributed by atoms with Crippen LogP contribution in [-0.2, 0) is 12.8 Å². The Labute approximate surface area is 146 Å². The van der Waals surface area contributed by atoms with Crippen molar-refractivity contribution in [3.63, 3.8) is 0 Å². The quantitative estimate of drug-likeness (QED) is 0.750. The number of fused-ring (bicyclic) bond motifs is 2. The predicted octanol–water partition coefficient (Wildman–Crippen LogP) is 5.18. The SMILES string of the molecule is c1ccc2c(c1)CCc1ccccc1C2CCCN1CCCCC1. The highest BCUT2D eigenvalue weighted by Gasteiger charge is 2.23. The van der Waals surface area contributed by atoms with Crippen LogP contribution in [0.25, 0.3) is 0 Å². The summed E-state index contributed by atoms with van der Waals surface area (Å²) in [6, 6.07) is 18.3. The van der Waals surface area contributed by atoms with Crippen LogP contribution in [-0.4, -0.2) is 24.5 Å². The minimum absolute atomic E-state index is 0.588. The summed E-state index contributed by atoms with van der Waals surface area (Å²) >= 11 is 0. The third kappa shape index (κ3) is 3.42. The van der Waals surface area contributed by atoms with Gasteiger partial charge in [0.05, 0.1) is 0 Å². The minimum atomic E-state index is 0.588. The van der Waals surface area contributed by atoms with Gasteiger partial charge >= 0.3 is 0 Å².